The fourth-order valence-electron chi connectivity index (χ4n) is 1.42. The Bertz CT molecular complexity index is 725. The highest BCUT2D eigenvalue weighted by Crippen LogP contribution is 2.23. The van der Waals surface area contributed by atoms with Gasteiger partial charge in [0, 0.05) is 0 Å². The molecule has 0 aliphatic rings. The van der Waals surface area contributed by atoms with Gasteiger partial charge in [0.15, 0.2) is 5.76 Å². The second kappa shape index (κ2) is 6.49. The van der Waals surface area contributed by atoms with E-state index in [0.717, 1.165) is 11.3 Å². The van der Waals surface area contributed by atoms with Crippen molar-refractivity contribution in [3.63, 3.8) is 0 Å². The van der Waals surface area contributed by atoms with Crippen molar-refractivity contribution >= 4 is 34.5 Å². The first-order valence-electron chi connectivity index (χ1n) is 5.65. The van der Waals surface area contributed by atoms with E-state index < -0.39 is 11.8 Å². The third kappa shape index (κ3) is 3.16. The number of nitrogens with one attached hydrogen (secondary N) is 1. The molecule has 2 aromatic rings. The Morgan fingerprint density at radius 2 is 2.29 bits per heavy atom. The van der Waals surface area contributed by atoms with Crippen LogP contribution in [0, 0.1) is 11.3 Å². The third-order valence-corrected chi connectivity index (χ3v) is 3.28. The van der Waals surface area contributed by atoms with Crippen molar-refractivity contribution in [1.82, 2.24) is 0 Å². The number of ether oxygens (including phenoxy) is 1. The number of nitrogens with zero attached hydrogens (tertiary/aromatic N) is 2. The number of nitriles is 1. The number of carbonyl (C=O) groups is 2. The molecule has 0 amide bonds. The van der Waals surface area contributed by atoms with Gasteiger partial charge in [-0.1, -0.05) is 0 Å². The van der Waals surface area contributed by atoms with Gasteiger partial charge >= 0.3 is 5.97 Å². The summed E-state index contributed by atoms with van der Waals surface area (Å²) in [6, 6.07) is 6.23. The summed E-state index contributed by atoms with van der Waals surface area (Å²) in [4.78, 5) is 23.7. The molecule has 21 heavy (non-hydrogen) atoms. The topological polar surface area (TPSA) is 105 Å². The lowest BCUT2D eigenvalue weighted by Crippen LogP contribution is -2.14. The monoisotopic (exact) mass is 303 g/mol. The van der Waals surface area contributed by atoms with Crippen molar-refractivity contribution in [2.45, 2.75) is 0 Å². The molecule has 2 heterocycles. The van der Waals surface area contributed by atoms with E-state index in [1.54, 1.807) is 17.5 Å². The molecule has 0 saturated carbocycles. The van der Waals surface area contributed by atoms with Crippen molar-refractivity contribution in [2.24, 2.45) is 5.10 Å². The first-order valence-corrected chi connectivity index (χ1v) is 6.53. The number of Topliss-reactive ketones (excluding diaryl/α,β-unsaturated/α-hetero) is 1. The zero-order chi connectivity index (χ0) is 15.2. The van der Waals surface area contributed by atoms with Crippen molar-refractivity contribution in [3.05, 3.63) is 40.5 Å². The van der Waals surface area contributed by atoms with Gasteiger partial charge < -0.3 is 9.15 Å². The number of furan rings is 1. The number of hydrazone groups is 1. The van der Waals surface area contributed by atoms with Gasteiger partial charge in [0.2, 0.25) is 5.71 Å². The minimum absolute atomic E-state index is 0.00982. The molecule has 1 N–H and O–H groups in total. The molecule has 0 bridgehead atoms. The predicted molar refractivity (Wildman–Crippen MR) is 75.4 cm³/mol. The van der Waals surface area contributed by atoms with Crippen LogP contribution in [0.4, 0.5) is 5.69 Å². The average molecular weight is 303 g/mol. The van der Waals surface area contributed by atoms with Gasteiger partial charge in [-0.15, -0.1) is 11.3 Å². The summed E-state index contributed by atoms with van der Waals surface area (Å²) < 4.78 is 9.52. The molecule has 0 saturated heterocycles. The number of rotatable bonds is 5. The molecule has 2 aromatic heterocycles. The maximum atomic E-state index is 11.9. The van der Waals surface area contributed by atoms with Crippen molar-refractivity contribution < 1.29 is 18.7 Å². The third-order valence-electron chi connectivity index (χ3n) is 2.39. The summed E-state index contributed by atoms with van der Waals surface area (Å²) in [6.45, 7) is 0. The van der Waals surface area contributed by atoms with Gasteiger partial charge in [0.1, 0.15) is 10.9 Å². The van der Waals surface area contributed by atoms with Gasteiger partial charge in [-0.2, -0.15) is 10.4 Å². The van der Waals surface area contributed by atoms with Crippen LogP contribution in [0.3, 0.4) is 0 Å². The zero-order valence-corrected chi connectivity index (χ0v) is 11.6. The zero-order valence-electron chi connectivity index (χ0n) is 10.8. The Morgan fingerprint density at radius 3 is 2.90 bits per heavy atom. The molecular formula is C13H9N3O4S. The van der Waals surface area contributed by atoms with Crippen LogP contribution in [-0.4, -0.2) is 24.6 Å². The number of anilines is 1. The number of methoxy groups -OCH3 is 1. The molecule has 0 fully saturated rings. The molecule has 8 heteroatoms. The molecular weight excluding hydrogens is 294 g/mol. The summed E-state index contributed by atoms with van der Waals surface area (Å²) >= 11 is 1.15. The predicted octanol–water partition coefficient (Wildman–Crippen LogP) is 2.30. The lowest BCUT2D eigenvalue weighted by Gasteiger charge is -2.01. The second-order valence-electron chi connectivity index (χ2n) is 3.65. The van der Waals surface area contributed by atoms with Crippen molar-refractivity contribution in [2.75, 3.05) is 12.5 Å². The number of esters is 1. The highest BCUT2D eigenvalue weighted by molar-refractivity contribution is 7.12. The van der Waals surface area contributed by atoms with E-state index in [1.807, 2.05) is 0 Å². The average Bonchev–Trinajstić information content (AvgIpc) is 3.18. The summed E-state index contributed by atoms with van der Waals surface area (Å²) in [5.74, 6) is -1.17. The van der Waals surface area contributed by atoms with E-state index in [9.17, 15) is 9.59 Å². The minimum Gasteiger partial charge on any atom is -0.465 e. The van der Waals surface area contributed by atoms with E-state index in [4.69, 9.17) is 9.68 Å². The number of hydrogen-bond acceptors (Lipinski definition) is 8. The van der Waals surface area contributed by atoms with Crippen LogP contribution in [-0.2, 0) is 4.74 Å². The number of ketones is 1. The lowest BCUT2D eigenvalue weighted by atomic mass is 10.2. The molecule has 7 nitrogen and oxygen atoms in total. The van der Waals surface area contributed by atoms with Crippen LogP contribution in [0.15, 0.2) is 39.4 Å². The van der Waals surface area contributed by atoms with Crippen LogP contribution in [0.25, 0.3) is 0 Å². The largest absolute Gasteiger partial charge is 0.465 e. The maximum Gasteiger partial charge on any atom is 0.350 e. The molecule has 0 unspecified atom stereocenters. The molecule has 0 aliphatic carbocycles. The smallest absolute Gasteiger partial charge is 0.350 e. The van der Waals surface area contributed by atoms with Crippen LogP contribution in [0.1, 0.15) is 20.2 Å². The van der Waals surface area contributed by atoms with Crippen LogP contribution in [0.5, 0.6) is 0 Å². The molecule has 0 aliphatic heterocycles. The quantitative estimate of drug-likeness (QED) is 0.393. The highest BCUT2D eigenvalue weighted by atomic mass is 32.1. The van der Waals surface area contributed by atoms with Gasteiger partial charge in [-0.05, 0) is 23.6 Å². The fourth-order valence-corrected chi connectivity index (χ4v) is 2.18. The minimum atomic E-state index is -0.648. The van der Waals surface area contributed by atoms with E-state index in [0.29, 0.717) is 10.6 Å². The fraction of sp³-hybridized carbons (Fsp3) is 0.0769. The van der Waals surface area contributed by atoms with Crippen LogP contribution < -0.4 is 5.43 Å². The van der Waals surface area contributed by atoms with Gasteiger partial charge in [-0.3, -0.25) is 10.2 Å². The number of thiophene rings is 1. The first kappa shape index (κ1) is 14.5. The van der Waals surface area contributed by atoms with Gasteiger partial charge in [0.05, 0.1) is 19.1 Å². The Labute approximate surface area is 123 Å². The van der Waals surface area contributed by atoms with Crippen LogP contribution in [0.2, 0.25) is 0 Å². The van der Waals surface area contributed by atoms with E-state index in [2.05, 4.69) is 15.3 Å². The summed E-state index contributed by atoms with van der Waals surface area (Å²) in [7, 11) is 1.26. The molecule has 0 atom stereocenters. The Balaban J connectivity index is 2.20. The Kier molecular flexibility index (Phi) is 4.48. The highest BCUT2D eigenvalue weighted by Gasteiger charge is 2.18. The summed E-state index contributed by atoms with van der Waals surface area (Å²) in [6.07, 6.45) is 1.32. The summed E-state index contributed by atoms with van der Waals surface area (Å²) in [5.41, 5.74) is 2.49. The lowest BCUT2D eigenvalue weighted by molar-refractivity contribution is 0.0607. The van der Waals surface area contributed by atoms with Crippen molar-refractivity contribution in [1.29, 1.82) is 5.26 Å². The standard InChI is InChI=1S/C13H9N3O4S/c1-19-13(18)12-8(4-6-21-12)15-16-9(7-14)11(17)10-3-2-5-20-10/h2-6,15H,1H3/b16-9-. The van der Waals surface area contributed by atoms with E-state index >= 15 is 0 Å². The summed E-state index contributed by atoms with van der Waals surface area (Å²) in [5, 5.41) is 14.3. The SMILES string of the molecule is COC(=O)c1sccc1N/N=C(/C#N)C(=O)c1ccco1. The molecule has 2 rings (SSSR count). The molecule has 0 radical (unpaired) electrons. The Hall–Kier alpha value is -2.92. The number of hydrogen-bond donors (Lipinski definition) is 1. The van der Waals surface area contributed by atoms with Crippen molar-refractivity contribution in [3.8, 4) is 6.07 Å². The maximum absolute atomic E-state index is 11.9. The van der Waals surface area contributed by atoms with Gasteiger partial charge in [0.25, 0.3) is 5.78 Å². The van der Waals surface area contributed by atoms with E-state index in [1.165, 1.54) is 25.5 Å². The number of carbonyl (C=O) groups excluding carboxylic acids is 2. The molecule has 0 spiro atoms. The second-order valence-corrected chi connectivity index (χ2v) is 4.56. The first-order chi connectivity index (χ1) is 10.2. The normalized spacial score (nSPS) is 10.8. The molecule has 0 aromatic carbocycles. The van der Waals surface area contributed by atoms with E-state index in [-0.39, 0.29) is 11.5 Å². The molecule has 106 valence electrons. The Morgan fingerprint density at radius 1 is 1.48 bits per heavy atom. The van der Waals surface area contributed by atoms with Gasteiger partial charge in [-0.25, -0.2) is 4.79 Å². The van der Waals surface area contributed by atoms with Crippen LogP contribution >= 0.6 is 11.3 Å².